The van der Waals surface area contributed by atoms with Crippen molar-refractivity contribution in [1.29, 1.82) is 0 Å². The fourth-order valence-electron chi connectivity index (χ4n) is 0.724. The molecule has 0 unspecified atom stereocenters. The molecule has 0 bridgehead atoms. The van der Waals surface area contributed by atoms with Gasteiger partial charge in [0.15, 0.2) is 0 Å². The summed E-state index contributed by atoms with van der Waals surface area (Å²) in [6.07, 6.45) is 1.54. The smallest absolute Gasteiger partial charge is 0.272 e. The first-order valence-corrected chi connectivity index (χ1v) is 4.90. The van der Waals surface area contributed by atoms with Crippen LogP contribution in [0.25, 0.3) is 0 Å². The third-order valence-corrected chi connectivity index (χ3v) is 2.46. The van der Waals surface area contributed by atoms with E-state index in [4.69, 9.17) is 0 Å². The summed E-state index contributed by atoms with van der Waals surface area (Å²) in [5.41, 5.74) is 0.486. The lowest BCUT2D eigenvalue weighted by Gasteiger charge is -1.99. The van der Waals surface area contributed by atoms with Crippen molar-refractivity contribution >= 4 is 10.1 Å². The van der Waals surface area contributed by atoms with Gasteiger partial charge in [-0.25, -0.2) is 0 Å². The normalized spacial score (nSPS) is 11.4. The molecule has 66 valence electrons. The fourth-order valence-corrected chi connectivity index (χ4v) is 1.37. The Morgan fingerprint density at radius 2 is 2.25 bits per heavy atom. The van der Waals surface area contributed by atoms with Gasteiger partial charge >= 0.3 is 0 Å². The van der Waals surface area contributed by atoms with E-state index in [1.54, 1.807) is 24.4 Å². The van der Waals surface area contributed by atoms with Crippen LogP contribution in [-0.2, 0) is 20.1 Å². The van der Waals surface area contributed by atoms with Gasteiger partial charge in [0.2, 0.25) is 0 Å². The first-order chi connectivity index (χ1) is 5.64. The molecule has 1 aromatic rings. The van der Waals surface area contributed by atoms with Crippen molar-refractivity contribution < 1.29 is 12.6 Å². The van der Waals surface area contributed by atoms with Crippen molar-refractivity contribution in [2.75, 3.05) is 7.11 Å². The molecule has 0 amide bonds. The van der Waals surface area contributed by atoms with Gasteiger partial charge in [-0.1, -0.05) is 6.07 Å². The van der Waals surface area contributed by atoms with Gasteiger partial charge in [-0.15, -0.1) is 0 Å². The molecule has 0 aliphatic rings. The monoisotopic (exact) mass is 187 g/mol. The van der Waals surface area contributed by atoms with Crippen LogP contribution >= 0.6 is 0 Å². The summed E-state index contributed by atoms with van der Waals surface area (Å²) in [6, 6.07) is 5.09. The molecule has 0 fully saturated rings. The molecule has 5 heteroatoms. The van der Waals surface area contributed by atoms with E-state index >= 15 is 0 Å². The Kier molecular flexibility index (Phi) is 2.78. The lowest BCUT2D eigenvalue weighted by molar-refractivity contribution is 0.396. The van der Waals surface area contributed by atoms with E-state index in [0.717, 1.165) is 7.11 Å². The van der Waals surface area contributed by atoms with Gasteiger partial charge in [0.05, 0.1) is 12.8 Å². The molecule has 1 rings (SSSR count). The van der Waals surface area contributed by atoms with E-state index in [9.17, 15) is 8.42 Å². The molecule has 1 heterocycles. The number of hydrogen-bond acceptors (Lipinski definition) is 4. The second kappa shape index (κ2) is 3.64. The molecule has 0 atom stereocenters. The maximum atomic E-state index is 10.9. The SMILES string of the molecule is COS(=O)(=O)Cc1ccccn1. The second-order valence-corrected chi connectivity index (χ2v) is 3.93. The van der Waals surface area contributed by atoms with Crippen molar-refractivity contribution in [3.63, 3.8) is 0 Å². The maximum absolute atomic E-state index is 10.9. The van der Waals surface area contributed by atoms with Gasteiger partial charge in [0.25, 0.3) is 10.1 Å². The molecule has 0 saturated carbocycles. The van der Waals surface area contributed by atoms with Gasteiger partial charge in [0.1, 0.15) is 5.75 Å². The van der Waals surface area contributed by atoms with Crippen LogP contribution in [0.15, 0.2) is 24.4 Å². The average molecular weight is 187 g/mol. The van der Waals surface area contributed by atoms with E-state index in [1.165, 1.54) is 0 Å². The van der Waals surface area contributed by atoms with E-state index in [0.29, 0.717) is 5.69 Å². The van der Waals surface area contributed by atoms with E-state index in [-0.39, 0.29) is 5.75 Å². The number of nitrogens with zero attached hydrogens (tertiary/aromatic N) is 1. The van der Waals surface area contributed by atoms with Gasteiger partial charge in [-0.2, -0.15) is 8.42 Å². The predicted octanol–water partition coefficient (Wildman–Crippen LogP) is 0.558. The number of aromatic nitrogens is 1. The zero-order chi connectivity index (χ0) is 9.03. The summed E-state index contributed by atoms with van der Waals surface area (Å²) in [5, 5.41) is 0. The maximum Gasteiger partial charge on any atom is 0.272 e. The molecule has 0 saturated heterocycles. The minimum absolute atomic E-state index is 0.176. The fraction of sp³-hybridized carbons (Fsp3) is 0.286. The summed E-state index contributed by atoms with van der Waals surface area (Å²) in [7, 11) is -2.30. The Morgan fingerprint density at radius 3 is 2.75 bits per heavy atom. The summed E-state index contributed by atoms with van der Waals surface area (Å²) >= 11 is 0. The van der Waals surface area contributed by atoms with Gasteiger partial charge in [0, 0.05) is 6.20 Å². The zero-order valence-electron chi connectivity index (χ0n) is 6.60. The van der Waals surface area contributed by atoms with E-state index in [1.807, 2.05) is 0 Å². The Balaban J connectivity index is 2.78. The molecule has 1 aromatic heterocycles. The van der Waals surface area contributed by atoms with Crippen LogP contribution in [0.1, 0.15) is 5.69 Å². The van der Waals surface area contributed by atoms with Crippen LogP contribution in [-0.4, -0.2) is 20.5 Å². The number of pyridine rings is 1. The topological polar surface area (TPSA) is 56.3 Å². The molecular weight excluding hydrogens is 178 g/mol. The molecular formula is C7H9NO3S. The third-order valence-electron chi connectivity index (χ3n) is 1.30. The van der Waals surface area contributed by atoms with Gasteiger partial charge in [-0.3, -0.25) is 9.17 Å². The van der Waals surface area contributed by atoms with Gasteiger partial charge in [-0.05, 0) is 12.1 Å². The summed E-state index contributed by atoms with van der Waals surface area (Å²) < 4.78 is 26.1. The molecule has 0 N–H and O–H groups in total. The van der Waals surface area contributed by atoms with Crippen LogP contribution in [0.2, 0.25) is 0 Å². The van der Waals surface area contributed by atoms with Crippen molar-refractivity contribution in [2.45, 2.75) is 5.75 Å². The lowest BCUT2D eigenvalue weighted by Crippen LogP contribution is -2.06. The van der Waals surface area contributed by atoms with Crippen molar-refractivity contribution in [2.24, 2.45) is 0 Å². The predicted molar refractivity (Wildman–Crippen MR) is 43.9 cm³/mol. The second-order valence-electron chi connectivity index (χ2n) is 2.19. The summed E-state index contributed by atoms with van der Waals surface area (Å²) in [5.74, 6) is -0.176. The molecule has 0 aliphatic carbocycles. The molecule has 0 spiro atoms. The molecule has 4 nitrogen and oxygen atoms in total. The number of rotatable bonds is 3. The molecule has 0 aromatic carbocycles. The molecule has 0 radical (unpaired) electrons. The Hall–Kier alpha value is -0.940. The molecule has 0 aliphatic heterocycles. The molecule has 12 heavy (non-hydrogen) atoms. The number of hydrogen-bond donors (Lipinski definition) is 0. The Labute approximate surface area is 71.3 Å². The van der Waals surface area contributed by atoms with Gasteiger partial charge < -0.3 is 0 Å². The van der Waals surface area contributed by atoms with Crippen LogP contribution in [0, 0.1) is 0 Å². The zero-order valence-corrected chi connectivity index (χ0v) is 7.41. The van der Waals surface area contributed by atoms with Crippen molar-refractivity contribution in [1.82, 2.24) is 4.98 Å². The van der Waals surface area contributed by atoms with Crippen molar-refractivity contribution in [3.05, 3.63) is 30.1 Å². The summed E-state index contributed by atoms with van der Waals surface area (Å²) in [4.78, 5) is 3.85. The van der Waals surface area contributed by atoms with Crippen LogP contribution in [0.3, 0.4) is 0 Å². The minimum atomic E-state index is -3.44. The highest BCUT2D eigenvalue weighted by Crippen LogP contribution is 2.02. The minimum Gasteiger partial charge on any atom is -0.273 e. The highest BCUT2D eigenvalue weighted by molar-refractivity contribution is 7.85. The Bertz CT molecular complexity index is 333. The highest BCUT2D eigenvalue weighted by atomic mass is 32.2. The average Bonchev–Trinajstić information content (AvgIpc) is 2.06. The summed E-state index contributed by atoms with van der Waals surface area (Å²) in [6.45, 7) is 0. The standard InChI is InChI=1S/C7H9NO3S/c1-11-12(9,10)6-7-4-2-3-5-8-7/h2-5H,6H2,1H3. The quantitative estimate of drug-likeness (QED) is 0.649. The van der Waals surface area contributed by atoms with Crippen LogP contribution in [0.5, 0.6) is 0 Å². The largest absolute Gasteiger partial charge is 0.273 e. The third kappa shape index (κ3) is 2.60. The van der Waals surface area contributed by atoms with E-state index < -0.39 is 10.1 Å². The van der Waals surface area contributed by atoms with Crippen LogP contribution < -0.4 is 0 Å². The first kappa shape index (κ1) is 9.15. The Morgan fingerprint density at radius 1 is 1.50 bits per heavy atom. The van der Waals surface area contributed by atoms with Crippen molar-refractivity contribution in [3.8, 4) is 0 Å². The van der Waals surface area contributed by atoms with E-state index in [2.05, 4.69) is 9.17 Å². The van der Waals surface area contributed by atoms with Crippen LogP contribution in [0.4, 0.5) is 0 Å². The highest BCUT2D eigenvalue weighted by Gasteiger charge is 2.09. The first-order valence-electron chi connectivity index (χ1n) is 3.32. The lowest BCUT2D eigenvalue weighted by atomic mass is 10.4.